The SMILES string of the molecule is COc1ccc2c(c1)C(C(=O)O)(N1CCOCC1)CC2. The molecule has 1 aromatic carbocycles. The predicted molar refractivity (Wildman–Crippen MR) is 73.0 cm³/mol. The maximum atomic E-state index is 12.1. The lowest BCUT2D eigenvalue weighted by atomic mass is 9.89. The topological polar surface area (TPSA) is 59.0 Å². The van der Waals surface area contributed by atoms with E-state index in [1.54, 1.807) is 7.11 Å². The van der Waals surface area contributed by atoms with Gasteiger partial charge in [0.2, 0.25) is 0 Å². The number of ether oxygens (including phenoxy) is 2. The van der Waals surface area contributed by atoms with E-state index in [4.69, 9.17) is 9.47 Å². The summed E-state index contributed by atoms with van der Waals surface area (Å²) < 4.78 is 10.6. The monoisotopic (exact) mass is 277 g/mol. The van der Waals surface area contributed by atoms with E-state index in [2.05, 4.69) is 0 Å². The third-order valence-corrected chi connectivity index (χ3v) is 4.42. The molecule has 1 unspecified atom stereocenters. The highest BCUT2D eigenvalue weighted by Gasteiger charge is 2.50. The first-order chi connectivity index (χ1) is 9.68. The molecule has 0 spiro atoms. The van der Waals surface area contributed by atoms with Crippen molar-refractivity contribution in [3.05, 3.63) is 29.3 Å². The molecule has 0 aromatic heterocycles. The average Bonchev–Trinajstić information content (AvgIpc) is 2.87. The van der Waals surface area contributed by atoms with Gasteiger partial charge in [0.15, 0.2) is 0 Å². The van der Waals surface area contributed by atoms with E-state index < -0.39 is 11.5 Å². The Hall–Kier alpha value is -1.59. The fourth-order valence-corrected chi connectivity index (χ4v) is 3.37. The number of aryl methyl sites for hydroxylation is 1. The number of benzene rings is 1. The molecule has 0 saturated carbocycles. The van der Waals surface area contributed by atoms with Crippen molar-refractivity contribution in [3.63, 3.8) is 0 Å². The number of morpholine rings is 1. The highest BCUT2D eigenvalue weighted by molar-refractivity contribution is 5.83. The van der Waals surface area contributed by atoms with Crippen LogP contribution in [0, 0.1) is 0 Å². The second kappa shape index (κ2) is 5.07. The van der Waals surface area contributed by atoms with Gasteiger partial charge in [-0.1, -0.05) is 6.07 Å². The molecule has 1 heterocycles. The van der Waals surface area contributed by atoms with Crippen LogP contribution in [0.5, 0.6) is 5.75 Å². The predicted octanol–water partition coefficient (Wildman–Crippen LogP) is 1.25. The Kier molecular flexibility index (Phi) is 3.40. The van der Waals surface area contributed by atoms with Crippen molar-refractivity contribution in [2.75, 3.05) is 33.4 Å². The molecule has 1 aliphatic heterocycles. The van der Waals surface area contributed by atoms with Crippen molar-refractivity contribution in [3.8, 4) is 5.75 Å². The van der Waals surface area contributed by atoms with Crippen LogP contribution >= 0.6 is 0 Å². The largest absolute Gasteiger partial charge is 0.497 e. The number of fused-ring (bicyclic) bond motifs is 1. The van der Waals surface area contributed by atoms with E-state index in [0.29, 0.717) is 38.5 Å². The number of carboxylic acid groups (broad SMARTS) is 1. The zero-order chi connectivity index (χ0) is 14.2. The molecule has 5 nitrogen and oxygen atoms in total. The molecule has 1 N–H and O–H groups in total. The Balaban J connectivity index is 2.07. The number of nitrogens with zero attached hydrogens (tertiary/aromatic N) is 1. The highest BCUT2D eigenvalue weighted by atomic mass is 16.5. The summed E-state index contributed by atoms with van der Waals surface area (Å²) in [4.78, 5) is 14.1. The van der Waals surface area contributed by atoms with Gasteiger partial charge in [-0.3, -0.25) is 4.90 Å². The van der Waals surface area contributed by atoms with Gasteiger partial charge in [0.1, 0.15) is 11.3 Å². The lowest BCUT2D eigenvalue weighted by Gasteiger charge is -2.40. The van der Waals surface area contributed by atoms with E-state index in [-0.39, 0.29) is 0 Å². The minimum Gasteiger partial charge on any atom is -0.497 e. The molecule has 1 atom stereocenters. The average molecular weight is 277 g/mol. The van der Waals surface area contributed by atoms with Gasteiger partial charge in [0.05, 0.1) is 20.3 Å². The molecule has 1 aromatic rings. The summed E-state index contributed by atoms with van der Waals surface area (Å²) in [5.74, 6) is -0.0593. The van der Waals surface area contributed by atoms with E-state index in [1.165, 1.54) is 0 Å². The molecule has 5 heteroatoms. The van der Waals surface area contributed by atoms with Gasteiger partial charge >= 0.3 is 5.97 Å². The standard InChI is InChI=1S/C15H19NO4/c1-19-12-3-2-11-4-5-15(14(17)18,13(11)10-12)16-6-8-20-9-7-16/h2-3,10H,4-9H2,1H3,(H,17,18). The van der Waals surface area contributed by atoms with E-state index >= 15 is 0 Å². The van der Waals surface area contributed by atoms with E-state index in [0.717, 1.165) is 17.5 Å². The van der Waals surface area contributed by atoms with Crippen LogP contribution in [0.4, 0.5) is 0 Å². The summed E-state index contributed by atoms with van der Waals surface area (Å²) in [5, 5.41) is 9.90. The molecule has 1 aliphatic carbocycles. The summed E-state index contributed by atoms with van der Waals surface area (Å²) in [6.45, 7) is 2.49. The minimum absolute atomic E-state index is 0.592. The lowest BCUT2D eigenvalue weighted by Crippen LogP contribution is -2.54. The molecule has 0 bridgehead atoms. The highest BCUT2D eigenvalue weighted by Crippen LogP contribution is 2.43. The summed E-state index contributed by atoms with van der Waals surface area (Å²) in [5.41, 5.74) is 1.07. The Morgan fingerprint density at radius 3 is 2.80 bits per heavy atom. The number of carboxylic acids is 1. The van der Waals surface area contributed by atoms with Crippen LogP contribution in [-0.4, -0.2) is 49.4 Å². The number of methoxy groups -OCH3 is 1. The van der Waals surface area contributed by atoms with Crippen LogP contribution in [-0.2, 0) is 21.5 Å². The number of hydrogen-bond acceptors (Lipinski definition) is 4. The first-order valence-corrected chi connectivity index (χ1v) is 6.92. The van der Waals surface area contributed by atoms with Crippen molar-refractivity contribution in [2.24, 2.45) is 0 Å². The van der Waals surface area contributed by atoms with Gasteiger partial charge in [-0.2, -0.15) is 0 Å². The number of rotatable bonds is 3. The van der Waals surface area contributed by atoms with Crippen molar-refractivity contribution < 1.29 is 19.4 Å². The zero-order valence-corrected chi connectivity index (χ0v) is 11.6. The molecule has 108 valence electrons. The third kappa shape index (κ3) is 1.89. The fourth-order valence-electron chi connectivity index (χ4n) is 3.37. The molecule has 0 amide bonds. The smallest absolute Gasteiger partial charge is 0.328 e. The number of hydrogen-bond donors (Lipinski definition) is 1. The summed E-state index contributed by atoms with van der Waals surface area (Å²) in [6, 6.07) is 5.77. The maximum Gasteiger partial charge on any atom is 0.328 e. The van der Waals surface area contributed by atoms with Crippen LogP contribution in [0.25, 0.3) is 0 Å². The van der Waals surface area contributed by atoms with Crippen LogP contribution in [0.15, 0.2) is 18.2 Å². The van der Waals surface area contributed by atoms with Crippen molar-refractivity contribution >= 4 is 5.97 Å². The summed E-state index contributed by atoms with van der Waals surface area (Å²) >= 11 is 0. The summed E-state index contributed by atoms with van der Waals surface area (Å²) in [6.07, 6.45) is 1.41. The molecule has 0 radical (unpaired) electrons. The van der Waals surface area contributed by atoms with Crippen molar-refractivity contribution in [1.29, 1.82) is 0 Å². The van der Waals surface area contributed by atoms with Crippen molar-refractivity contribution in [2.45, 2.75) is 18.4 Å². The summed E-state index contributed by atoms with van der Waals surface area (Å²) in [7, 11) is 1.61. The Labute approximate surface area is 118 Å². The quantitative estimate of drug-likeness (QED) is 0.901. The Morgan fingerprint density at radius 1 is 1.40 bits per heavy atom. The Bertz CT molecular complexity index is 525. The molecule has 1 saturated heterocycles. The third-order valence-electron chi connectivity index (χ3n) is 4.42. The van der Waals surface area contributed by atoms with Gasteiger partial charge in [0, 0.05) is 13.1 Å². The number of carbonyl (C=O) groups is 1. The van der Waals surface area contributed by atoms with Gasteiger partial charge < -0.3 is 14.6 Å². The molecular formula is C15H19NO4. The maximum absolute atomic E-state index is 12.1. The molecule has 20 heavy (non-hydrogen) atoms. The van der Waals surface area contributed by atoms with E-state index in [1.807, 2.05) is 23.1 Å². The fraction of sp³-hybridized carbons (Fsp3) is 0.533. The van der Waals surface area contributed by atoms with E-state index in [9.17, 15) is 9.90 Å². The van der Waals surface area contributed by atoms with Crippen LogP contribution < -0.4 is 4.74 Å². The molecular weight excluding hydrogens is 258 g/mol. The van der Waals surface area contributed by atoms with Gasteiger partial charge in [0.25, 0.3) is 0 Å². The Morgan fingerprint density at radius 2 is 2.15 bits per heavy atom. The van der Waals surface area contributed by atoms with Gasteiger partial charge in [-0.05, 0) is 36.1 Å². The van der Waals surface area contributed by atoms with Gasteiger partial charge in [-0.15, -0.1) is 0 Å². The normalized spacial score (nSPS) is 26.2. The van der Waals surface area contributed by atoms with Crippen LogP contribution in [0.2, 0.25) is 0 Å². The first kappa shape index (κ1) is 13.4. The second-order valence-electron chi connectivity index (χ2n) is 5.29. The second-order valence-corrected chi connectivity index (χ2v) is 5.29. The van der Waals surface area contributed by atoms with Crippen LogP contribution in [0.1, 0.15) is 17.5 Å². The minimum atomic E-state index is -0.923. The van der Waals surface area contributed by atoms with Gasteiger partial charge in [-0.25, -0.2) is 4.79 Å². The first-order valence-electron chi connectivity index (χ1n) is 6.92. The van der Waals surface area contributed by atoms with Crippen LogP contribution in [0.3, 0.4) is 0 Å². The lowest BCUT2D eigenvalue weighted by molar-refractivity contribution is -0.156. The molecule has 3 rings (SSSR count). The number of aliphatic carboxylic acids is 1. The van der Waals surface area contributed by atoms with Crippen molar-refractivity contribution in [1.82, 2.24) is 4.90 Å². The zero-order valence-electron chi connectivity index (χ0n) is 11.6. The molecule has 2 aliphatic rings. The molecule has 1 fully saturated rings.